The molecule has 0 radical (unpaired) electrons. The molecule has 2 rings (SSSR count). The molecule has 1 aromatic carbocycles. The SMILES string of the molecule is CC1(C)CC(C(N)c2cccc(Br)c2)C(C)(C)O1. The Morgan fingerprint density at radius 3 is 2.50 bits per heavy atom. The normalized spacial score (nSPS) is 27.1. The molecule has 2 N–H and O–H groups in total. The minimum atomic E-state index is -0.175. The Labute approximate surface area is 118 Å². The Bertz CT molecular complexity index is 442. The van der Waals surface area contributed by atoms with Crippen LogP contribution >= 0.6 is 15.9 Å². The van der Waals surface area contributed by atoms with Crippen LogP contribution in [0.3, 0.4) is 0 Å². The van der Waals surface area contributed by atoms with Crippen molar-refractivity contribution < 1.29 is 4.74 Å². The quantitative estimate of drug-likeness (QED) is 0.894. The maximum Gasteiger partial charge on any atom is 0.0680 e. The summed E-state index contributed by atoms with van der Waals surface area (Å²) in [5.74, 6) is 0.335. The average molecular weight is 312 g/mol. The maximum absolute atomic E-state index is 6.47. The molecule has 0 aromatic heterocycles. The molecule has 1 heterocycles. The summed E-state index contributed by atoms with van der Waals surface area (Å²) in [7, 11) is 0. The lowest BCUT2D eigenvalue weighted by Gasteiger charge is -2.31. The Balaban J connectivity index is 2.26. The van der Waals surface area contributed by atoms with Gasteiger partial charge in [-0.15, -0.1) is 0 Å². The summed E-state index contributed by atoms with van der Waals surface area (Å²) in [5, 5.41) is 0. The zero-order valence-electron chi connectivity index (χ0n) is 11.5. The van der Waals surface area contributed by atoms with Crippen molar-refractivity contribution in [2.45, 2.75) is 51.4 Å². The highest BCUT2D eigenvalue weighted by molar-refractivity contribution is 9.10. The van der Waals surface area contributed by atoms with Gasteiger partial charge in [-0.25, -0.2) is 0 Å². The number of nitrogens with two attached hydrogens (primary N) is 1. The second kappa shape index (κ2) is 4.62. The molecule has 18 heavy (non-hydrogen) atoms. The van der Waals surface area contributed by atoms with E-state index in [0.29, 0.717) is 5.92 Å². The van der Waals surface area contributed by atoms with Gasteiger partial charge in [0, 0.05) is 16.4 Å². The molecule has 100 valence electrons. The molecule has 1 aliphatic heterocycles. The van der Waals surface area contributed by atoms with Crippen molar-refractivity contribution in [2.24, 2.45) is 11.7 Å². The van der Waals surface area contributed by atoms with Crippen molar-refractivity contribution in [1.29, 1.82) is 0 Å². The second-order valence-corrected chi connectivity index (χ2v) is 7.27. The van der Waals surface area contributed by atoms with Crippen molar-refractivity contribution >= 4 is 15.9 Å². The van der Waals surface area contributed by atoms with Crippen molar-refractivity contribution in [3.8, 4) is 0 Å². The molecule has 1 aromatic rings. The average Bonchev–Trinajstić information content (AvgIpc) is 2.45. The number of ether oxygens (including phenoxy) is 1. The number of benzene rings is 1. The van der Waals surface area contributed by atoms with Crippen LogP contribution in [0.25, 0.3) is 0 Å². The van der Waals surface area contributed by atoms with Gasteiger partial charge in [0.1, 0.15) is 0 Å². The third kappa shape index (κ3) is 2.79. The van der Waals surface area contributed by atoms with E-state index in [2.05, 4.69) is 55.8 Å². The zero-order chi connectivity index (χ0) is 13.6. The van der Waals surface area contributed by atoms with Crippen molar-refractivity contribution in [3.63, 3.8) is 0 Å². The van der Waals surface area contributed by atoms with Crippen LogP contribution in [-0.4, -0.2) is 11.2 Å². The smallest absolute Gasteiger partial charge is 0.0680 e. The largest absolute Gasteiger partial charge is 0.369 e. The van der Waals surface area contributed by atoms with Crippen LogP contribution in [0.1, 0.15) is 45.7 Å². The van der Waals surface area contributed by atoms with Gasteiger partial charge in [-0.3, -0.25) is 0 Å². The zero-order valence-corrected chi connectivity index (χ0v) is 13.1. The monoisotopic (exact) mass is 311 g/mol. The summed E-state index contributed by atoms with van der Waals surface area (Å²) in [6.45, 7) is 8.57. The summed E-state index contributed by atoms with van der Waals surface area (Å²) in [6.07, 6.45) is 0.994. The summed E-state index contributed by atoms with van der Waals surface area (Å²) < 4.78 is 7.21. The molecule has 0 spiro atoms. The van der Waals surface area contributed by atoms with Crippen LogP contribution in [0.4, 0.5) is 0 Å². The summed E-state index contributed by atoms with van der Waals surface area (Å²) in [5.41, 5.74) is 7.37. The van der Waals surface area contributed by atoms with Gasteiger partial charge in [0.05, 0.1) is 11.2 Å². The van der Waals surface area contributed by atoms with Crippen molar-refractivity contribution in [3.05, 3.63) is 34.3 Å². The van der Waals surface area contributed by atoms with E-state index in [1.54, 1.807) is 0 Å². The highest BCUT2D eigenvalue weighted by Crippen LogP contribution is 2.46. The minimum absolute atomic E-state index is 0.0132. The molecule has 0 bridgehead atoms. The van der Waals surface area contributed by atoms with E-state index in [1.165, 1.54) is 5.56 Å². The van der Waals surface area contributed by atoms with Crippen LogP contribution in [0, 0.1) is 5.92 Å². The van der Waals surface area contributed by atoms with Gasteiger partial charge in [-0.2, -0.15) is 0 Å². The fraction of sp³-hybridized carbons (Fsp3) is 0.600. The number of rotatable bonds is 2. The first kappa shape index (κ1) is 14.0. The third-order valence-electron chi connectivity index (χ3n) is 3.81. The van der Waals surface area contributed by atoms with E-state index in [9.17, 15) is 0 Å². The van der Waals surface area contributed by atoms with Crippen LogP contribution in [0.2, 0.25) is 0 Å². The van der Waals surface area contributed by atoms with E-state index in [4.69, 9.17) is 10.5 Å². The predicted molar refractivity (Wildman–Crippen MR) is 78.4 cm³/mol. The predicted octanol–water partition coefficient (Wildman–Crippen LogP) is 4.04. The standard InChI is InChI=1S/C15H22BrNO/c1-14(2)9-12(15(3,4)18-14)13(17)10-6-5-7-11(16)8-10/h5-8,12-13H,9,17H2,1-4H3. The van der Waals surface area contributed by atoms with Gasteiger partial charge < -0.3 is 10.5 Å². The Morgan fingerprint density at radius 2 is 2.00 bits per heavy atom. The van der Waals surface area contributed by atoms with E-state index in [0.717, 1.165) is 10.9 Å². The summed E-state index contributed by atoms with van der Waals surface area (Å²) >= 11 is 3.50. The Hall–Kier alpha value is -0.380. The Morgan fingerprint density at radius 1 is 1.33 bits per heavy atom. The van der Waals surface area contributed by atoms with Gasteiger partial charge in [0.2, 0.25) is 0 Å². The summed E-state index contributed by atoms with van der Waals surface area (Å²) in [4.78, 5) is 0. The van der Waals surface area contributed by atoms with Crippen molar-refractivity contribution in [2.75, 3.05) is 0 Å². The van der Waals surface area contributed by atoms with Crippen LogP contribution in [0.5, 0.6) is 0 Å². The van der Waals surface area contributed by atoms with Gasteiger partial charge in [-0.1, -0.05) is 28.1 Å². The first-order valence-electron chi connectivity index (χ1n) is 6.42. The topological polar surface area (TPSA) is 35.2 Å². The molecule has 0 amide bonds. The molecule has 3 heteroatoms. The molecule has 2 atom stereocenters. The van der Waals surface area contributed by atoms with E-state index >= 15 is 0 Å². The second-order valence-electron chi connectivity index (χ2n) is 6.36. The Kier molecular flexibility index (Phi) is 3.60. The highest BCUT2D eigenvalue weighted by atomic mass is 79.9. The molecule has 1 saturated heterocycles. The lowest BCUT2D eigenvalue weighted by atomic mass is 9.79. The molecule has 1 aliphatic rings. The van der Waals surface area contributed by atoms with Crippen LogP contribution in [0.15, 0.2) is 28.7 Å². The maximum atomic E-state index is 6.47. The first-order valence-corrected chi connectivity index (χ1v) is 7.22. The number of halogens is 1. The molecule has 2 nitrogen and oxygen atoms in total. The van der Waals surface area contributed by atoms with Crippen LogP contribution < -0.4 is 5.73 Å². The number of hydrogen-bond acceptors (Lipinski definition) is 2. The molecular formula is C15H22BrNO. The van der Waals surface area contributed by atoms with Gasteiger partial charge in [0.15, 0.2) is 0 Å². The lowest BCUT2D eigenvalue weighted by Crippen LogP contribution is -2.35. The molecule has 0 saturated carbocycles. The van der Waals surface area contributed by atoms with E-state index in [1.807, 2.05) is 12.1 Å². The first-order chi connectivity index (χ1) is 8.21. The highest BCUT2D eigenvalue weighted by Gasteiger charge is 2.48. The summed E-state index contributed by atoms with van der Waals surface area (Å²) in [6, 6.07) is 8.27. The van der Waals surface area contributed by atoms with E-state index in [-0.39, 0.29) is 17.2 Å². The third-order valence-corrected chi connectivity index (χ3v) is 4.30. The van der Waals surface area contributed by atoms with Gasteiger partial charge in [-0.05, 0) is 51.8 Å². The lowest BCUT2D eigenvalue weighted by molar-refractivity contribution is -0.0767. The number of hydrogen-bond donors (Lipinski definition) is 1. The van der Waals surface area contributed by atoms with Crippen LogP contribution in [-0.2, 0) is 4.74 Å². The molecule has 0 aliphatic carbocycles. The molecule has 1 fully saturated rings. The fourth-order valence-electron chi connectivity index (χ4n) is 3.11. The van der Waals surface area contributed by atoms with E-state index < -0.39 is 0 Å². The molecular weight excluding hydrogens is 290 g/mol. The van der Waals surface area contributed by atoms with Gasteiger partial charge in [0.25, 0.3) is 0 Å². The minimum Gasteiger partial charge on any atom is -0.369 e. The molecule has 2 unspecified atom stereocenters. The van der Waals surface area contributed by atoms with Crippen molar-refractivity contribution in [1.82, 2.24) is 0 Å². The fourth-order valence-corrected chi connectivity index (χ4v) is 3.53. The van der Waals surface area contributed by atoms with Gasteiger partial charge >= 0.3 is 0 Å².